The first kappa shape index (κ1) is 21.0. The number of hydrogen-bond donors (Lipinski definition) is 1. The van der Waals surface area contributed by atoms with E-state index in [9.17, 15) is 13.2 Å². The minimum absolute atomic E-state index is 0.153. The molecule has 2 aromatic carbocycles. The molecular weight excluding hydrogens is 360 g/mol. The summed E-state index contributed by atoms with van der Waals surface area (Å²) in [6.07, 6.45) is 1.84. The zero-order valence-corrected chi connectivity index (χ0v) is 17.4. The Bertz CT molecular complexity index is 906. The lowest BCUT2D eigenvalue weighted by Gasteiger charge is -2.24. The summed E-state index contributed by atoms with van der Waals surface area (Å²) in [5.74, 6) is -0.328. The van der Waals surface area contributed by atoms with Crippen LogP contribution < -0.4 is 9.62 Å². The topological polar surface area (TPSA) is 66.5 Å². The summed E-state index contributed by atoms with van der Waals surface area (Å²) in [4.78, 5) is 12.6. The molecule has 2 aromatic rings. The molecule has 6 heteroatoms. The first-order valence-electron chi connectivity index (χ1n) is 9.02. The Morgan fingerprint density at radius 2 is 1.67 bits per heavy atom. The van der Waals surface area contributed by atoms with Crippen LogP contribution in [-0.2, 0) is 14.8 Å². The van der Waals surface area contributed by atoms with Gasteiger partial charge in [0.05, 0.1) is 18.0 Å². The van der Waals surface area contributed by atoms with Gasteiger partial charge in [-0.05, 0) is 56.0 Å². The predicted molar refractivity (Wildman–Crippen MR) is 110 cm³/mol. The maximum absolute atomic E-state index is 12.6. The molecule has 146 valence electrons. The van der Waals surface area contributed by atoms with Gasteiger partial charge in [-0.3, -0.25) is 9.10 Å². The number of amides is 1. The van der Waals surface area contributed by atoms with Crippen LogP contribution in [0.25, 0.3) is 0 Å². The number of carbonyl (C=O) groups is 1. The summed E-state index contributed by atoms with van der Waals surface area (Å²) in [5, 5.41) is 2.96. The third-order valence-corrected chi connectivity index (χ3v) is 5.83. The number of nitrogens with zero attached hydrogens (tertiary/aromatic N) is 1. The largest absolute Gasteiger partial charge is 0.348 e. The van der Waals surface area contributed by atoms with Crippen LogP contribution in [0.5, 0.6) is 0 Å². The summed E-state index contributed by atoms with van der Waals surface area (Å²) >= 11 is 0. The smallest absolute Gasteiger partial charge is 0.241 e. The predicted octanol–water partition coefficient (Wildman–Crippen LogP) is 3.65. The van der Waals surface area contributed by atoms with E-state index in [4.69, 9.17) is 0 Å². The number of carbonyl (C=O) groups excluding carboxylic acids is 1. The van der Waals surface area contributed by atoms with Crippen LogP contribution >= 0.6 is 0 Å². The molecule has 0 spiro atoms. The number of rotatable bonds is 7. The second kappa shape index (κ2) is 8.57. The first-order chi connectivity index (χ1) is 12.6. The average Bonchev–Trinajstić information content (AvgIpc) is 2.60. The average molecular weight is 389 g/mol. The van der Waals surface area contributed by atoms with E-state index in [2.05, 4.69) is 5.32 Å². The standard InChI is InChI=1S/C21H28N2O3S/c1-6-20(18-10-7-15(2)8-11-18)22-21(24)14-23(27(5,25)26)19-12-9-16(3)17(4)13-19/h7-13,20H,6,14H2,1-5H3,(H,22,24)/t20-/m1/s1. The van der Waals surface area contributed by atoms with Crippen molar-refractivity contribution >= 4 is 21.6 Å². The molecule has 0 aliphatic heterocycles. The van der Waals surface area contributed by atoms with Crippen LogP contribution in [-0.4, -0.2) is 27.1 Å². The fraction of sp³-hybridized carbons (Fsp3) is 0.381. The highest BCUT2D eigenvalue weighted by Crippen LogP contribution is 2.22. The van der Waals surface area contributed by atoms with Crippen molar-refractivity contribution in [3.05, 3.63) is 64.7 Å². The molecule has 0 aromatic heterocycles. The SMILES string of the molecule is CC[C@@H](NC(=O)CN(c1ccc(C)c(C)c1)S(C)(=O)=O)c1ccc(C)cc1. The van der Waals surface area contributed by atoms with Gasteiger partial charge in [-0.2, -0.15) is 0 Å². The van der Waals surface area contributed by atoms with E-state index in [-0.39, 0.29) is 18.5 Å². The number of nitrogens with one attached hydrogen (secondary N) is 1. The number of hydrogen-bond acceptors (Lipinski definition) is 3. The second-order valence-electron chi connectivity index (χ2n) is 6.98. The van der Waals surface area contributed by atoms with Gasteiger partial charge in [0.2, 0.25) is 15.9 Å². The minimum atomic E-state index is -3.58. The van der Waals surface area contributed by atoms with Crippen molar-refractivity contribution in [1.82, 2.24) is 5.32 Å². The Kier molecular flexibility index (Phi) is 6.65. The highest BCUT2D eigenvalue weighted by atomic mass is 32.2. The molecule has 0 bridgehead atoms. The van der Waals surface area contributed by atoms with E-state index >= 15 is 0 Å². The van der Waals surface area contributed by atoms with Crippen molar-refractivity contribution in [3.8, 4) is 0 Å². The second-order valence-corrected chi connectivity index (χ2v) is 8.88. The van der Waals surface area contributed by atoms with Gasteiger partial charge in [0, 0.05) is 0 Å². The molecule has 0 heterocycles. The Balaban J connectivity index is 2.20. The van der Waals surface area contributed by atoms with Gasteiger partial charge in [0.15, 0.2) is 0 Å². The third kappa shape index (κ3) is 5.57. The highest BCUT2D eigenvalue weighted by molar-refractivity contribution is 7.92. The van der Waals surface area contributed by atoms with Crippen molar-refractivity contribution in [1.29, 1.82) is 0 Å². The maximum atomic E-state index is 12.6. The summed E-state index contributed by atoms with van der Waals surface area (Å²) in [5.41, 5.74) is 4.71. The normalized spacial score (nSPS) is 12.5. The molecule has 0 unspecified atom stereocenters. The van der Waals surface area contributed by atoms with Crippen molar-refractivity contribution < 1.29 is 13.2 Å². The lowest BCUT2D eigenvalue weighted by atomic mass is 10.0. The molecule has 0 aliphatic rings. The molecule has 1 amide bonds. The fourth-order valence-electron chi connectivity index (χ4n) is 2.87. The van der Waals surface area contributed by atoms with Crippen LogP contribution in [0.2, 0.25) is 0 Å². The molecule has 1 N–H and O–H groups in total. The van der Waals surface area contributed by atoms with E-state index in [1.807, 2.05) is 58.0 Å². The van der Waals surface area contributed by atoms with E-state index < -0.39 is 10.0 Å². The molecular formula is C21H28N2O3S. The zero-order valence-electron chi connectivity index (χ0n) is 16.6. The number of anilines is 1. The summed E-state index contributed by atoms with van der Waals surface area (Å²) in [6.45, 7) is 7.64. The van der Waals surface area contributed by atoms with Gasteiger partial charge < -0.3 is 5.32 Å². The zero-order chi connectivity index (χ0) is 20.2. The summed E-state index contributed by atoms with van der Waals surface area (Å²) < 4.78 is 25.7. The van der Waals surface area contributed by atoms with E-state index in [0.717, 1.165) is 39.2 Å². The third-order valence-electron chi connectivity index (χ3n) is 4.69. The van der Waals surface area contributed by atoms with E-state index in [0.29, 0.717) is 5.69 Å². The quantitative estimate of drug-likeness (QED) is 0.787. The molecule has 0 saturated carbocycles. The van der Waals surface area contributed by atoms with Crippen molar-refractivity contribution in [2.24, 2.45) is 0 Å². The van der Waals surface area contributed by atoms with Crippen molar-refractivity contribution in [2.75, 3.05) is 17.1 Å². The Hall–Kier alpha value is -2.34. The molecule has 0 fully saturated rings. The monoisotopic (exact) mass is 388 g/mol. The fourth-order valence-corrected chi connectivity index (χ4v) is 3.72. The summed E-state index contributed by atoms with van der Waals surface area (Å²) in [7, 11) is -3.58. The van der Waals surface area contributed by atoms with Gasteiger partial charge >= 0.3 is 0 Å². The Labute approximate surface area is 162 Å². The maximum Gasteiger partial charge on any atom is 0.241 e. The molecule has 27 heavy (non-hydrogen) atoms. The van der Waals surface area contributed by atoms with Crippen LogP contribution in [0.15, 0.2) is 42.5 Å². The van der Waals surface area contributed by atoms with Crippen molar-refractivity contribution in [2.45, 2.75) is 40.2 Å². The van der Waals surface area contributed by atoms with Gasteiger partial charge in [-0.25, -0.2) is 8.42 Å². The molecule has 0 aliphatic carbocycles. The van der Waals surface area contributed by atoms with E-state index in [1.54, 1.807) is 12.1 Å². The minimum Gasteiger partial charge on any atom is -0.348 e. The van der Waals surface area contributed by atoms with Gasteiger partial charge in [0.1, 0.15) is 6.54 Å². The Morgan fingerprint density at radius 3 is 2.19 bits per heavy atom. The molecule has 1 atom stereocenters. The lowest BCUT2D eigenvalue weighted by molar-refractivity contribution is -0.120. The van der Waals surface area contributed by atoms with Gasteiger partial charge in [0.25, 0.3) is 0 Å². The number of aryl methyl sites for hydroxylation is 3. The van der Waals surface area contributed by atoms with Crippen LogP contribution in [0.1, 0.15) is 41.6 Å². The molecule has 0 saturated heterocycles. The highest BCUT2D eigenvalue weighted by Gasteiger charge is 2.22. The van der Waals surface area contributed by atoms with Crippen LogP contribution in [0.3, 0.4) is 0 Å². The van der Waals surface area contributed by atoms with Gasteiger partial charge in [-0.1, -0.05) is 42.8 Å². The summed E-state index contributed by atoms with van der Waals surface area (Å²) in [6, 6.07) is 13.2. The number of sulfonamides is 1. The molecule has 0 radical (unpaired) electrons. The molecule has 2 rings (SSSR count). The number of benzene rings is 2. The Morgan fingerprint density at radius 1 is 1.04 bits per heavy atom. The molecule has 5 nitrogen and oxygen atoms in total. The van der Waals surface area contributed by atoms with Crippen LogP contribution in [0, 0.1) is 20.8 Å². The lowest BCUT2D eigenvalue weighted by Crippen LogP contribution is -2.41. The van der Waals surface area contributed by atoms with Crippen LogP contribution in [0.4, 0.5) is 5.69 Å². The van der Waals surface area contributed by atoms with Gasteiger partial charge in [-0.15, -0.1) is 0 Å². The van der Waals surface area contributed by atoms with E-state index in [1.165, 1.54) is 0 Å². The first-order valence-corrected chi connectivity index (χ1v) is 10.9. The van der Waals surface area contributed by atoms with Crippen molar-refractivity contribution in [3.63, 3.8) is 0 Å².